The summed E-state index contributed by atoms with van der Waals surface area (Å²) < 4.78 is 0. The summed E-state index contributed by atoms with van der Waals surface area (Å²) in [7, 11) is 0. The molecular weight excluding hydrogens is 258 g/mol. The third-order valence-corrected chi connectivity index (χ3v) is 4.96. The van der Waals surface area contributed by atoms with E-state index in [4.69, 9.17) is 5.73 Å². The quantitative estimate of drug-likeness (QED) is 0.804. The lowest BCUT2D eigenvalue weighted by molar-refractivity contribution is 0.679. The maximum absolute atomic E-state index is 6.15. The van der Waals surface area contributed by atoms with Crippen LogP contribution in [0.4, 0.5) is 0 Å². The lowest BCUT2D eigenvalue weighted by Crippen LogP contribution is -2.23. The smallest absolute Gasteiger partial charge is 0.0137 e. The first-order chi connectivity index (χ1) is 8.74. The second kappa shape index (κ2) is 6.98. The van der Waals surface area contributed by atoms with Crippen molar-refractivity contribution in [1.82, 2.24) is 0 Å². The Morgan fingerprint density at radius 2 is 2.00 bits per heavy atom. The molecule has 96 valence electrons. The van der Waals surface area contributed by atoms with Gasteiger partial charge < -0.3 is 5.73 Å². The molecule has 0 saturated carbocycles. The predicted octanol–water partition coefficient (Wildman–Crippen LogP) is 4.11. The van der Waals surface area contributed by atoms with Gasteiger partial charge in [0.05, 0.1) is 0 Å². The van der Waals surface area contributed by atoms with Gasteiger partial charge in [0.25, 0.3) is 0 Å². The van der Waals surface area contributed by atoms with E-state index in [1.807, 2.05) is 23.1 Å². The summed E-state index contributed by atoms with van der Waals surface area (Å²) >= 11 is 3.67. The minimum atomic E-state index is 0.276. The van der Waals surface area contributed by atoms with Crippen LogP contribution in [0, 0.1) is 6.92 Å². The van der Waals surface area contributed by atoms with Crippen molar-refractivity contribution in [1.29, 1.82) is 0 Å². The fourth-order valence-corrected chi connectivity index (χ4v) is 3.33. The lowest BCUT2D eigenvalue weighted by atomic mass is 10.2. The van der Waals surface area contributed by atoms with Gasteiger partial charge in [0, 0.05) is 21.6 Å². The molecule has 1 unspecified atom stereocenters. The lowest BCUT2D eigenvalue weighted by Gasteiger charge is -2.10. The zero-order valence-electron chi connectivity index (χ0n) is 10.6. The SMILES string of the molecule is Cc1ccc(SCC(N)CCc2cccs2)cc1. The molecule has 2 aromatic rings. The van der Waals surface area contributed by atoms with Crippen LogP contribution in [0.2, 0.25) is 0 Å². The van der Waals surface area contributed by atoms with Gasteiger partial charge in [0.2, 0.25) is 0 Å². The fraction of sp³-hybridized carbons (Fsp3) is 0.333. The molecule has 0 amide bonds. The highest BCUT2D eigenvalue weighted by molar-refractivity contribution is 7.99. The first kappa shape index (κ1) is 13.7. The van der Waals surface area contributed by atoms with Crippen LogP contribution in [0.1, 0.15) is 16.9 Å². The third kappa shape index (κ3) is 4.48. The molecule has 0 spiro atoms. The van der Waals surface area contributed by atoms with Crippen LogP contribution < -0.4 is 5.73 Å². The van der Waals surface area contributed by atoms with Crippen LogP contribution in [0.15, 0.2) is 46.7 Å². The molecule has 2 N–H and O–H groups in total. The molecule has 3 heteroatoms. The highest BCUT2D eigenvalue weighted by Gasteiger charge is 2.05. The summed E-state index contributed by atoms with van der Waals surface area (Å²) in [5, 5.41) is 2.13. The molecule has 0 radical (unpaired) electrons. The zero-order valence-corrected chi connectivity index (χ0v) is 12.3. The van der Waals surface area contributed by atoms with Crippen LogP contribution >= 0.6 is 23.1 Å². The van der Waals surface area contributed by atoms with Gasteiger partial charge in [0.15, 0.2) is 0 Å². The van der Waals surface area contributed by atoms with Gasteiger partial charge in [-0.1, -0.05) is 23.8 Å². The van der Waals surface area contributed by atoms with Crippen LogP contribution in [0.3, 0.4) is 0 Å². The Labute approximate surface area is 117 Å². The van der Waals surface area contributed by atoms with Crippen molar-refractivity contribution in [3.63, 3.8) is 0 Å². The summed E-state index contributed by atoms with van der Waals surface area (Å²) in [4.78, 5) is 2.75. The van der Waals surface area contributed by atoms with Crippen molar-refractivity contribution >= 4 is 23.1 Å². The van der Waals surface area contributed by atoms with Crippen LogP contribution in [0.5, 0.6) is 0 Å². The molecule has 0 aliphatic carbocycles. The molecule has 0 aliphatic rings. The van der Waals surface area contributed by atoms with E-state index >= 15 is 0 Å². The fourth-order valence-electron chi connectivity index (χ4n) is 1.70. The summed E-state index contributed by atoms with van der Waals surface area (Å²) in [6, 6.07) is 13.2. The number of hydrogen-bond acceptors (Lipinski definition) is 3. The molecule has 2 rings (SSSR count). The van der Waals surface area contributed by atoms with Crippen LogP contribution in [-0.2, 0) is 6.42 Å². The van der Waals surface area contributed by atoms with Crippen LogP contribution in [0.25, 0.3) is 0 Å². The first-order valence-electron chi connectivity index (χ1n) is 6.21. The highest BCUT2D eigenvalue weighted by atomic mass is 32.2. The summed E-state index contributed by atoms with van der Waals surface area (Å²) in [5.41, 5.74) is 7.46. The van der Waals surface area contributed by atoms with Gasteiger partial charge in [0.1, 0.15) is 0 Å². The minimum Gasteiger partial charge on any atom is -0.327 e. The van der Waals surface area contributed by atoms with E-state index in [0.717, 1.165) is 18.6 Å². The second-order valence-corrected chi connectivity index (χ2v) is 6.63. The van der Waals surface area contributed by atoms with Gasteiger partial charge in [-0.25, -0.2) is 0 Å². The molecule has 1 aromatic carbocycles. The second-order valence-electron chi connectivity index (χ2n) is 4.50. The van der Waals surface area contributed by atoms with E-state index in [0.29, 0.717) is 0 Å². The third-order valence-electron chi connectivity index (χ3n) is 2.83. The van der Waals surface area contributed by atoms with E-state index in [2.05, 4.69) is 48.7 Å². The molecule has 0 bridgehead atoms. The Bertz CT molecular complexity index is 448. The van der Waals surface area contributed by atoms with E-state index in [1.54, 1.807) is 0 Å². The van der Waals surface area contributed by atoms with Crippen molar-refractivity contribution in [2.45, 2.75) is 30.7 Å². The molecule has 0 fully saturated rings. The molecular formula is C15H19NS2. The average molecular weight is 277 g/mol. The Kier molecular flexibility index (Phi) is 5.29. The van der Waals surface area contributed by atoms with E-state index < -0.39 is 0 Å². The van der Waals surface area contributed by atoms with Crippen molar-refractivity contribution in [3.05, 3.63) is 52.2 Å². The monoisotopic (exact) mass is 277 g/mol. The van der Waals surface area contributed by atoms with E-state index in [9.17, 15) is 0 Å². The van der Waals surface area contributed by atoms with E-state index in [-0.39, 0.29) is 6.04 Å². The first-order valence-corrected chi connectivity index (χ1v) is 8.08. The molecule has 0 saturated heterocycles. The summed E-state index contributed by atoms with van der Waals surface area (Å²) in [6.45, 7) is 2.11. The molecule has 0 aliphatic heterocycles. The van der Waals surface area contributed by atoms with Gasteiger partial charge in [-0.2, -0.15) is 0 Å². The Balaban J connectivity index is 1.71. The molecule has 1 atom stereocenters. The van der Waals surface area contributed by atoms with E-state index in [1.165, 1.54) is 15.3 Å². The van der Waals surface area contributed by atoms with Crippen molar-refractivity contribution < 1.29 is 0 Å². The van der Waals surface area contributed by atoms with Gasteiger partial charge in [-0.15, -0.1) is 23.1 Å². The number of benzene rings is 1. The number of rotatable bonds is 6. The predicted molar refractivity (Wildman–Crippen MR) is 82.5 cm³/mol. The largest absolute Gasteiger partial charge is 0.327 e. The number of aryl methyl sites for hydroxylation is 2. The Hall–Kier alpha value is -0.770. The van der Waals surface area contributed by atoms with Crippen molar-refractivity contribution in [2.75, 3.05) is 5.75 Å². The van der Waals surface area contributed by atoms with Crippen molar-refractivity contribution in [3.8, 4) is 0 Å². The minimum absolute atomic E-state index is 0.276. The molecule has 18 heavy (non-hydrogen) atoms. The maximum Gasteiger partial charge on any atom is 0.0137 e. The standard InChI is InChI=1S/C15H19NS2/c1-12-4-7-15(8-5-12)18-11-13(16)6-9-14-3-2-10-17-14/h2-5,7-8,10,13H,6,9,11,16H2,1H3. The number of nitrogens with two attached hydrogens (primary N) is 1. The molecule has 1 heterocycles. The van der Waals surface area contributed by atoms with Crippen molar-refractivity contribution in [2.24, 2.45) is 5.73 Å². The topological polar surface area (TPSA) is 26.0 Å². The van der Waals surface area contributed by atoms with Gasteiger partial charge in [-0.3, -0.25) is 0 Å². The normalized spacial score (nSPS) is 12.6. The Morgan fingerprint density at radius 1 is 1.22 bits per heavy atom. The summed E-state index contributed by atoms with van der Waals surface area (Å²) in [6.07, 6.45) is 2.17. The number of thioether (sulfide) groups is 1. The highest BCUT2D eigenvalue weighted by Crippen LogP contribution is 2.20. The zero-order chi connectivity index (χ0) is 12.8. The van der Waals surface area contributed by atoms with Gasteiger partial charge in [-0.05, 0) is 43.3 Å². The average Bonchev–Trinajstić information content (AvgIpc) is 2.89. The molecule has 1 aromatic heterocycles. The number of hydrogen-bond donors (Lipinski definition) is 1. The van der Waals surface area contributed by atoms with Crippen LogP contribution in [-0.4, -0.2) is 11.8 Å². The Morgan fingerprint density at radius 3 is 2.67 bits per heavy atom. The summed E-state index contributed by atoms with van der Waals surface area (Å²) in [5.74, 6) is 0.994. The molecule has 1 nitrogen and oxygen atoms in total. The maximum atomic E-state index is 6.15. The number of thiophene rings is 1. The van der Waals surface area contributed by atoms with Gasteiger partial charge >= 0.3 is 0 Å².